The summed E-state index contributed by atoms with van der Waals surface area (Å²) in [7, 11) is 0. The lowest BCUT2D eigenvalue weighted by atomic mass is 10.4. The van der Waals surface area contributed by atoms with Crippen molar-refractivity contribution in [3.63, 3.8) is 0 Å². The van der Waals surface area contributed by atoms with Crippen LogP contribution in [0.25, 0.3) is 0 Å². The van der Waals surface area contributed by atoms with Gasteiger partial charge >= 0.3 is 5.97 Å². The van der Waals surface area contributed by atoms with Crippen molar-refractivity contribution in [3.8, 4) is 0 Å². The van der Waals surface area contributed by atoms with Gasteiger partial charge in [-0.2, -0.15) is 0 Å². The third kappa shape index (κ3) is 3.86. The fourth-order valence-electron chi connectivity index (χ4n) is 0.294. The van der Waals surface area contributed by atoms with Crippen LogP contribution in [-0.4, -0.2) is 23.8 Å². The van der Waals surface area contributed by atoms with Gasteiger partial charge < -0.3 is 9.84 Å². The number of hydrogen-bond donors (Lipinski definition) is 1. The molecule has 3 nitrogen and oxygen atoms in total. The molecule has 0 aliphatic carbocycles. The van der Waals surface area contributed by atoms with E-state index in [9.17, 15) is 4.79 Å². The van der Waals surface area contributed by atoms with Gasteiger partial charge in [0.2, 0.25) is 0 Å². The molecule has 0 spiro atoms. The number of aliphatic hydroxyl groups is 1. The maximum Gasteiger partial charge on any atom is 0.330 e. The molecule has 0 aliphatic rings. The zero-order valence-electron chi connectivity index (χ0n) is 5.62. The molecule has 0 saturated heterocycles. The molecule has 0 aromatic carbocycles. The van der Waals surface area contributed by atoms with Crippen LogP contribution in [0.1, 0.15) is 0 Å². The van der Waals surface area contributed by atoms with Crippen molar-refractivity contribution in [2.45, 2.75) is 6.10 Å². The van der Waals surface area contributed by atoms with Gasteiger partial charge in [-0.15, -0.1) is 6.58 Å². The first-order valence-corrected chi connectivity index (χ1v) is 2.80. The zero-order chi connectivity index (χ0) is 7.98. The number of rotatable bonds is 4. The minimum atomic E-state index is -0.788. The molecule has 56 valence electrons. The van der Waals surface area contributed by atoms with Crippen LogP contribution in [0.4, 0.5) is 0 Å². The lowest BCUT2D eigenvalue weighted by Crippen LogP contribution is -2.14. The monoisotopic (exact) mass is 142 g/mol. The molecule has 1 atom stereocenters. The van der Waals surface area contributed by atoms with E-state index < -0.39 is 12.1 Å². The molecular formula is C7H10O3. The molecule has 0 amide bonds. The summed E-state index contributed by atoms with van der Waals surface area (Å²) in [5, 5.41) is 8.77. The second-order valence-electron chi connectivity index (χ2n) is 1.64. The summed E-state index contributed by atoms with van der Waals surface area (Å²) in [6.07, 6.45) is 1.54. The Morgan fingerprint density at radius 2 is 2.30 bits per heavy atom. The van der Waals surface area contributed by atoms with Gasteiger partial charge in [0.05, 0.1) is 0 Å². The maximum absolute atomic E-state index is 10.3. The summed E-state index contributed by atoms with van der Waals surface area (Å²) < 4.78 is 4.47. The summed E-state index contributed by atoms with van der Waals surface area (Å²) in [4.78, 5) is 10.3. The Morgan fingerprint density at radius 3 is 2.70 bits per heavy atom. The standard InChI is InChI=1S/C7H10O3/c1-3-6(8)5-10-7(9)4-2/h3-4,6,8H,1-2,5H2. The number of esters is 1. The highest BCUT2D eigenvalue weighted by Crippen LogP contribution is 1.86. The predicted molar refractivity (Wildman–Crippen MR) is 37.4 cm³/mol. The Hall–Kier alpha value is -1.09. The van der Waals surface area contributed by atoms with Gasteiger partial charge in [-0.3, -0.25) is 0 Å². The van der Waals surface area contributed by atoms with E-state index in [1.165, 1.54) is 6.08 Å². The van der Waals surface area contributed by atoms with Crippen molar-refractivity contribution in [2.24, 2.45) is 0 Å². The largest absolute Gasteiger partial charge is 0.459 e. The van der Waals surface area contributed by atoms with E-state index in [1.807, 2.05) is 0 Å². The van der Waals surface area contributed by atoms with Gasteiger partial charge in [0, 0.05) is 6.08 Å². The number of hydrogen-bond acceptors (Lipinski definition) is 3. The Balaban J connectivity index is 3.43. The average molecular weight is 142 g/mol. The van der Waals surface area contributed by atoms with Crippen LogP contribution in [0.2, 0.25) is 0 Å². The average Bonchev–Trinajstić information content (AvgIpc) is 1.99. The SMILES string of the molecule is C=CC(=O)OCC(O)C=C. The third-order valence-corrected chi connectivity index (χ3v) is 0.835. The molecule has 1 N–H and O–H groups in total. The first-order chi connectivity index (χ1) is 4.70. The van der Waals surface area contributed by atoms with E-state index in [4.69, 9.17) is 5.11 Å². The highest BCUT2D eigenvalue weighted by Gasteiger charge is 2.00. The Labute approximate surface area is 59.6 Å². The summed E-state index contributed by atoms with van der Waals surface area (Å²) in [5.74, 6) is -0.541. The van der Waals surface area contributed by atoms with Gasteiger partial charge in [-0.1, -0.05) is 12.7 Å². The van der Waals surface area contributed by atoms with E-state index >= 15 is 0 Å². The second kappa shape index (κ2) is 4.76. The summed E-state index contributed by atoms with van der Waals surface area (Å²) in [6.45, 7) is 6.42. The van der Waals surface area contributed by atoms with Crippen LogP contribution in [0.3, 0.4) is 0 Å². The topological polar surface area (TPSA) is 46.5 Å². The van der Waals surface area contributed by atoms with E-state index in [1.54, 1.807) is 0 Å². The van der Waals surface area contributed by atoms with Crippen molar-refractivity contribution in [1.29, 1.82) is 0 Å². The summed E-state index contributed by atoms with van der Waals surface area (Å²) >= 11 is 0. The van der Waals surface area contributed by atoms with E-state index in [2.05, 4.69) is 17.9 Å². The number of ether oxygens (including phenoxy) is 1. The number of carbonyl (C=O) groups excluding carboxylic acids is 1. The lowest BCUT2D eigenvalue weighted by molar-refractivity contribution is -0.139. The normalized spacial score (nSPS) is 11.7. The van der Waals surface area contributed by atoms with Crippen LogP contribution in [0.15, 0.2) is 25.3 Å². The molecule has 0 radical (unpaired) electrons. The number of carbonyl (C=O) groups is 1. The molecule has 0 bridgehead atoms. The lowest BCUT2D eigenvalue weighted by Gasteiger charge is -2.03. The predicted octanol–water partition coefficient (Wildman–Crippen LogP) is 0.262. The fourth-order valence-corrected chi connectivity index (χ4v) is 0.294. The molecule has 0 heterocycles. The van der Waals surface area contributed by atoms with Crippen molar-refractivity contribution in [3.05, 3.63) is 25.3 Å². The van der Waals surface area contributed by atoms with E-state index in [-0.39, 0.29) is 6.61 Å². The summed E-state index contributed by atoms with van der Waals surface area (Å²) in [5.41, 5.74) is 0. The van der Waals surface area contributed by atoms with Crippen LogP contribution >= 0.6 is 0 Å². The van der Waals surface area contributed by atoms with Crippen molar-refractivity contribution >= 4 is 5.97 Å². The first kappa shape index (κ1) is 8.91. The van der Waals surface area contributed by atoms with E-state index in [0.717, 1.165) is 6.08 Å². The molecule has 0 aromatic rings. The molecule has 3 heteroatoms. The highest BCUT2D eigenvalue weighted by atomic mass is 16.5. The molecule has 0 saturated carbocycles. The van der Waals surface area contributed by atoms with E-state index in [0.29, 0.717) is 0 Å². The molecule has 10 heavy (non-hydrogen) atoms. The molecule has 0 rings (SSSR count). The second-order valence-corrected chi connectivity index (χ2v) is 1.64. The van der Waals surface area contributed by atoms with Crippen molar-refractivity contribution < 1.29 is 14.6 Å². The van der Waals surface area contributed by atoms with Gasteiger partial charge in [-0.05, 0) is 0 Å². The molecule has 1 unspecified atom stereocenters. The highest BCUT2D eigenvalue weighted by molar-refractivity contribution is 5.81. The Kier molecular flexibility index (Phi) is 4.24. The van der Waals surface area contributed by atoms with Crippen LogP contribution < -0.4 is 0 Å². The third-order valence-electron chi connectivity index (χ3n) is 0.835. The Bertz CT molecular complexity index is 140. The van der Waals surface area contributed by atoms with Gasteiger partial charge in [-0.25, -0.2) is 4.79 Å². The van der Waals surface area contributed by atoms with Gasteiger partial charge in [0.15, 0.2) is 0 Å². The van der Waals surface area contributed by atoms with Gasteiger partial charge in [0.25, 0.3) is 0 Å². The Morgan fingerprint density at radius 1 is 1.70 bits per heavy atom. The van der Waals surface area contributed by atoms with Gasteiger partial charge in [0.1, 0.15) is 12.7 Å². The number of aliphatic hydroxyl groups excluding tert-OH is 1. The first-order valence-electron chi connectivity index (χ1n) is 2.80. The van der Waals surface area contributed by atoms with Crippen LogP contribution in [0.5, 0.6) is 0 Å². The van der Waals surface area contributed by atoms with Crippen molar-refractivity contribution in [1.82, 2.24) is 0 Å². The minimum absolute atomic E-state index is 0.0612. The minimum Gasteiger partial charge on any atom is -0.459 e. The van der Waals surface area contributed by atoms with Crippen LogP contribution in [0, 0.1) is 0 Å². The fraction of sp³-hybridized carbons (Fsp3) is 0.286. The molecule has 0 aliphatic heterocycles. The molecule has 0 fully saturated rings. The molecule has 0 aromatic heterocycles. The maximum atomic E-state index is 10.3. The van der Waals surface area contributed by atoms with Crippen LogP contribution in [-0.2, 0) is 9.53 Å². The summed E-state index contributed by atoms with van der Waals surface area (Å²) in [6, 6.07) is 0. The zero-order valence-corrected chi connectivity index (χ0v) is 5.62. The van der Waals surface area contributed by atoms with Crippen molar-refractivity contribution in [2.75, 3.05) is 6.61 Å². The quantitative estimate of drug-likeness (QED) is 0.348. The molecular weight excluding hydrogens is 132 g/mol. The smallest absolute Gasteiger partial charge is 0.330 e.